The molecule has 112 valence electrons. The SMILES string of the molecule is CCNC1CCC(N(C)CCC(=O)NC(C)C)CC1. The summed E-state index contributed by atoms with van der Waals surface area (Å²) in [6.07, 6.45) is 5.64. The summed E-state index contributed by atoms with van der Waals surface area (Å²) in [6.45, 7) is 8.12. The van der Waals surface area contributed by atoms with Crippen molar-refractivity contribution in [2.45, 2.75) is 71.0 Å². The van der Waals surface area contributed by atoms with Crippen molar-refractivity contribution in [1.29, 1.82) is 0 Å². The molecular weight excluding hydrogens is 238 g/mol. The first-order valence-electron chi connectivity index (χ1n) is 7.76. The number of amides is 1. The van der Waals surface area contributed by atoms with Gasteiger partial charge in [0.15, 0.2) is 0 Å². The van der Waals surface area contributed by atoms with Crippen LogP contribution in [0.4, 0.5) is 0 Å². The van der Waals surface area contributed by atoms with Crippen molar-refractivity contribution in [3.05, 3.63) is 0 Å². The van der Waals surface area contributed by atoms with Gasteiger partial charge < -0.3 is 15.5 Å². The number of nitrogens with zero attached hydrogens (tertiary/aromatic N) is 1. The normalized spacial score (nSPS) is 23.9. The largest absolute Gasteiger partial charge is 0.354 e. The fourth-order valence-electron chi connectivity index (χ4n) is 2.86. The van der Waals surface area contributed by atoms with Crippen molar-refractivity contribution >= 4 is 5.91 Å². The molecule has 0 aromatic heterocycles. The molecule has 0 aromatic rings. The average molecular weight is 269 g/mol. The lowest BCUT2D eigenvalue weighted by Crippen LogP contribution is -2.42. The Morgan fingerprint density at radius 3 is 2.42 bits per heavy atom. The molecule has 1 saturated carbocycles. The molecule has 0 spiro atoms. The van der Waals surface area contributed by atoms with Crippen LogP contribution in [0.25, 0.3) is 0 Å². The molecule has 0 heterocycles. The van der Waals surface area contributed by atoms with Crippen LogP contribution in [0.3, 0.4) is 0 Å². The van der Waals surface area contributed by atoms with Gasteiger partial charge in [0.05, 0.1) is 0 Å². The first kappa shape index (κ1) is 16.4. The van der Waals surface area contributed by atoms with Gasteiger partial charge >= 0.3 is 0 Å². The number of carbonyl (C=O) groups excluding carboxylic acids is 1. The quantitative estimate of drug-likeness (QED) is 0.740. The molecule has 1 amide bonds. The monoisotopic (exact) mass is 269 g/mol. The second kappa shape index (κ2) is 8.54. The summed E-state index contributed by atoms with van der Waals surface area (Å²) in [7, 11) is 2.15. The maximum Gasteiger partial charge on any atom is 0.221 e. The van der Waals surface area contributed by atoms with Crippen LogP contribution in [0.5, 0.6) is 0 Å². The summed E-state index contributed by atoms with van der Waals surface area (Å²) in [5.74, 6) is 0.170. The molecule has 1 fully saturated rings. The zero-order valence-electron chi connectivity index (χ0n) is 13.0. The van der Waals surface area contributed by atoms with Crippen LogP contribution in [0.15, 0.2) is 0 Å². The van der Waals surface area contributed by atoms with Crippen molar-refractivity contribution < 1.29 is 4.79 Å². The summed E-state index contributed by atoms with van der Waals surface area (Å²) >= 11 is 0. The first-order chi connectivity index (χ1) is 9.02. The maximum atomic E-state index is 11.6. The van der Waals surface area contributed by atoms with E-state index in [9.17, 15) is 4.79 Å². The minimum atomic E-state index is 0.170. The van der Waals surface area contributed by atoms with Crippen molar-refractivity contribution in [3.63, 3.8) is 0 Å². The molecule has 0 unspecified atom stereocenters. The number of carbonyl (C=O) groups is 1. The lowest BCUT2D eigenvalue weighted by Gasteiger charge is -2.34. The summed E-state index contributed by atoms with van der Waals surface area (Å²) in [4.78, 5) is 14.0. The Labute approximate surface area is 118 Å². The van der Waals surface area contributed by atoms with Gasteiger partial charge in [0.25, 0.3) is 0 Å². The summed E-state index contributed by atoms with van der Waals surface area (Å²) < 4.78 is 0. The number of nitrogens with one attached hydrogen (secondary N) is 2. The standard InChI is InChI=1S/C15H31N3O/c1-5-16-13-6-8-14(9-7-13)18(4)11-10-15(19)17-12(2)3/h12-14,16H,5-11H2,1-4H3,(H,17,19). The van der Waals surface area contributed by atoms with Gasteiger partial charge in [0.1, 0.15) is 0 Å². The van der Waals surface area contributed by atoms with E-state index >= 15 is 0 Å². The number of hydrogen-bond acceptors (Lipinski definition) is 3. The lowest BCUT2D eigenvalue weighted by atomic mass is 9.90. The van der Waals surface area contributed by atoms with E-state index in [1.807, 2.05) is 13.8 Å². The fraction of sp³-hybridized carbons (Fsp3) is 0.933. The molecular formula is C15H31N3O. The fourth-order valence-corrected chi connectivity index (χ4v) is 2.86. The molecule has 19 heavy (non-hydrogen) atoms. The zero-order valence-corrected chi connectivity index (χ0v) is 13.0. The Morgan fingerprint density at radius 1 is 1.26 bits per heavy atom. The highest BCUT2D eigenvalue weighted by atomic mass is 16.1. The third-order valence-electron chi connectivity index (χ3n) is 3.95. The summed E-state index contributed by atoms with van der Waals surface area (Å²) in [6, 6.07) is 1.61. The highest BCUT2D eigenvalue weighted by Crippen LogP contribution is 2.22. The third kappa shape index (κ3) is 6.39. The molecule has 1 rings (SSSR count). The van der Waals surface area contributed by atoms with Crippen molar-refractivity contribution in [1.82, 2.24) is 15.5 Å². The molecule has 4 nitrogen and oxygen atoms in total. The smallest absolute Gasteiger partial charge is 0.221 e. The minimum absolute atomic E-state index is 0.170. The molecule has 0 atom stereocenters. The van der Waals surface area contributed by atoms with Crippen molar-refractivity contribution in [2.75, 3.05) is 20.1 Å². The lowest BCUT2D eigenvalue weighted by molar-refractivity contribution is -0.122. The predicted octanol–water partition coefficient (Wildman–Crippen LogP) is 1.75. The van der Waals surface area contributed by atoms with E-state index in [4.69, 9.17) is 0 Å². The Bertz CT molecular complexity index is 260. The second-order valence-electron chi connectivity index (χ2n) is 6.02. The number of hydrogen-bond donors (Lipinski definition) is 2. The zero-order chi connectivity index (χ0) is 14.3. The van der Waals surface area contributed by atoms with Crippen LogP contribution < -0.4 is 10.6 Å². The minimum Gasteiger partial charge on any atom is -0.354 e. The van der Waals surface area contributed by atoms with Gasteiger partial charge in [0, 0.05) is 31.1 Å². The molecule has 0 radical (unpaired) electrons. The molecule has 0 saturated heterocycles. The van der Waals surface area contributed by atoms with Crippen LogP contribution >= 0.6 is 0 Å². The second-order valence-corrected chi connectivity index (χ2v) is 6.02. The van der Waals surface area contributed by atoms with E-state index in [2.05, 4.69) is 29.5 Å². The Kier molecular flexibility index (Phi) is 7.39. The van der Waals surface area contributed by atoms with Gasteiger partial charge in [-0.1, -0.05) is 6.92 Å². The van der Waals surface area contributed by atoms with Gasteiger partial charge in [0.2, 0.25) is 5.91 Å². The van der Waals surface area contributed by atoms with Gasteiger partial charge in [-0.2, -0.15) is 0 Å². The van der Waals surface area contributed by atoms with Gasteiger partial charge in [-0.25, -0.2) is 0 Å². The van der Waals surface area contributed by atoms with Gasteiger partial charge in [-0.05, 0) is 53.1 Å². The number of rotatable bonds is 7. The maximum absolute atomic E-state index is 11.6. The van der Waals surface area contributed by atoms with Crippen LogP contribution in [0.1, 0.15) is 52.9 Å². The molecule has 0 aliphatic heterocycles. The Balaban J connectivity index is 2.20. The Morgan fingerprint density at radius 2 is 1.89 bits per heavy atom. The first-order valence-corrected chi connectivity index (χ1v) is 7.76. The van der Waals surface area contributed by atoms with Crippen LogP contribution in [0, 0.1) is 0 Å². The van der Waals surface area contributed by atoms with Gasteiger partial charge in [-0.3, -0.25) is 4.79 Å². The molecule has 1 aliphatic rings. The summed E-state index contributed by atoms with van der Waals surface area (Å²) in [5.41, 5.74) is 0. The third-order valence-corrected chi connectivity index (χ3v) is 3.95. The van der Waals surface area contributed by atoms with Gasteiger partial charge in [-0.15, -0.1) is 0 Å². The predicted molar refractivity (Wildman–Crippen MR) is 80.2 cm³/mol. The highest BCUT2D eigenvalue weighted by Gasteiger charge is 2.23. The topological polar surface area (TPSA) is 44.4 Å². The van der Waals surface area contributed by atoms with Crippen molar-refractivity contribution in [3.8, 4) is 0 Å². The van der Waals surface area contributed by atoms with Crippen LogP contribution in [0.2, 0.25) is 0 Å². The molecule has 0 aromatic carbocycles. The van der Waals surface area contributed by atoms with Crippen molar-refractivity contribution in [2.24, 2.45) is 0 Å². The van der Waals surface area contributed by atoms with E-state index < -0.39 is 0 Å². The summed E-state index contributed by atoms with van der Waals surface area (Å²) in [5, 5.41) is 6.48. The molecule has 4 heteroatoms. The Hall–Kier alpha value is -0.610. The van der Waals surface area contributed by atoms with Crippen LogP contribution in [-0.2, 0) is 4.79 Å². The molecule has 2 N–H and O–H groups in total. The molecule has 1 aliphatic carbocycles. The van der Waals surface area contributed by atoms with Crippen LogP contribution in [-0.4, -0.2) is 49.1 Å². The average Bonchev–Trinajstić information content (AvgIpc) is 2.36. The highest BCUT2D eigenvalue weighted by molar-refractivity contribution is 5.76. The van der Waals surface area contributed by atoms with E-state index in [0.717, 1.165) is 13.1 Å². The van der Waals surface area contributed by atoms with E-state index in [-0.39, 0.29) is 11.9 Å². The molecule has 0 bridgehead atoms. The van der Waals surface area contributed by atoms with E-state index in [1.165, 1.54) is 25.7 Å². The van der Waals surface area contributed by atoms with E-state index in [0.29, 0.717) is 18.5 Å². The van der Waals surface area contributed by atoms with E-state index in [1.54, 1.807) is 0 Å².